The van der Waals surface area contributed by atoms with Gasteiger partial charge in [-0.15, -0.1) is 0 Å². The molecule has 0 fully saturated rings. The van der Waals surface area contributed by atoms with E-state index in [1.165, 1.54) is 0 Å². The van der Waals surface area contributed by atoms with Crippen LogP contribution in [0.1, 0.15) is 10.6 Å². The summed E-state index contributed by atoms with van der Waals surface area (Å²) in [5, 5.41) is 0.421. The van der Waals surface area contributed by atoms with Crippen molar-refractivity contribution in [2.45, 2.75) is 0 Å². The quantitative estimate of drug-likeness (QED) is 0.605. The van der Waals surface area contributed by atoms with Crippen molar-refractivity contribution in [2.75, 3.05) is 0 Å². The van der Waals surface area contributed by atoms with Crippen LogP contribution in [0.2, 0.25) is 0 Å². The van der Waals surface area contributed by atoms with Gasteiger partial charge in [-0.1, -0.05) is 12.1 Å². The molecule has 3 rings (SSSR count). The van der Waals surface area contributed by atoms with Crippen molar-refractivity contribution in [3.63, 3.8) is 0 Å². The van der Waals surface area contributed by atoms with Gasteiger partial charge in [0.05, 0.1) is 11.0 Å². The molecule has 0 unspecified atom stereocenters. The van der Waals surface area contributed by atoms with Crippen molar-refractivity contribution >= 4 is 38.8 Å². The Hall–Kier alpha value is -1.74. The van der Waals surface area contributed by atoms with Crippen LogP contribution in [0.25, 0.3) is 22.0 Å². The first kappa shape index (κ1) is 9.48. The van der Waals surface area contributed by atoms with Crippen LogP contribution >= 0.6 is 11.6 Å². The highest BCUT2D eigenvalue weighted by Crippen LogP contribution is 2.30. The fourth-order valence-electron chi connectivity index (χ4n) is 2.01. The summed E-state index contributed by atoms with van der Waals surface area (Å²) >= 11 is 5.39. The molecule has 0 aliphatic heterocycles. The number of para-hydroxylation sites is 1. The van der Waals surface area contributed by atoms with Gasteiger partial charge < -0.3 is 8.98 Å². The van der Waals surface area contributed by atoms with Crippen LogP contribution in [0, 0.1) is 0 Å². The Kier molecular flexibility index (Phi) is 1.85. The van der Waals surface area contributed by atoms with Gasteiger partial charge in [0.15, 0.2) is 11.3 Å². The smallest absolute Gasteiger partial charge is 0.287 e. The van der Waals surface area contributed by atoms with Crippen molar-refractivity contribution in [1.29, 1.82) is 0 Å². The predicted octanol–water partition coefficient (Wildman–Crippen LogP) is 3.30. The lowest BCUT2D eigenvalue weighted by molar-refractivity contribution is 0.105. The summed E-state index contributed by atoms with van der Waals surface area (Å²) in [6.07, 6.45) is 0. The van der Waals surface area contributed by atoms with Gasteiger partial charge in [-0.3, -0.25) is 4.79 Å². The van der Waals surface area contributed by atoms with E-state index in [4.69, 9.17) is 16.0 Å². The summed E-state index contributed by atoms with van der Waals surface area (Å²) in [7, 11) is 1.93. The van der Waals surface area contributed by atoms with Crippen LogP contribution in [0.5, 0.6) is 0 Å². The number of benzene rings is 1. The zero-order valence-corrected chi connectivity index (χ0v) is 9.28. The number of rotatable bonds is 1. The number of hydrogen-bond donors (Lipinski definition) is 0. The number of nitrogens with zero attached hydrogens (tertiary/aromatic N) is 1. The Balaban J connectivity index is 2.49. The third-order valence-corrected chi connectivity index (χ3v) is 2.96. The van der Waals surface area contributed by atoms with Crippen LogP contribution in [0.4, 0.5) is 0 Å². The Morgan fingerprint density at radius 2 is 2.06 bits per heavy atom. The summed E-state index contributed by atoms with van der Waals surface area (Å²) in [4.78, 5) is 11.0. The Morgan fingerprint density at radius 1 is 1.31 bits per heavy atom. The van der Waals surface area contributed by atoms with E-state index in [0.29, 0.717) is 5.58 Å². The second-order valence-electron chi connectivity index (χ2n) is 3.67. The molecule has 0 N–H and O–H groups in total. The second kappa shape index (κ2) is 3.12. The van der Waals surface area contributed by atoms with E-state index in [1.807, 2.05) is 35.9 Å². The van der Waals surface area contributed by atoms with Crippen LogP contribution in [-0.4, -0.2) is 9.81 Å². The van der Waals surface area contributed by atoms with Gasteiger partial charge in [0.25, 0.3) is 5.24 Å². The maximum atomic E-state index is 11.0. The minimum Gasteiger partial charge on any atom is -0.449 e. The molecule has 0 atom stereocenters. The summed E-state index contributed by atoms with van der Waals surface area (Å²) < 4.78 is 7.44. The normalized spacial score (nSPS) is 11.4. The summed E-state index contributed by atoms with van der Waals surface area (Å²) in [5.41, 5.74) is 2.66. The summed E-state index contributed by atoms with van der Waals surface area (Å²) in [5.74, 6) is 0.188. The third-order valence-electron chi connectivity index (χ3n) is 2.78. The van der Waals surface area contributed by atoms with Crippen LogP contribution in [0.15, 0.2) is 34.7 Å². The molecule has 3 aromatic rings. The van der Waals surface area contributed by atoms with E-state index >= 15 is 0 Å². The van der Waals surface area contributed by atoms with Crippen molar-refractivity contribution in [1.82, 2.24) is 4.57 Å². The van der Waals surface area contributed by atoms with Gasteiger partial charge in [-0.05, 0) is 23.7 Å². The SMILES string of the molecule is Cn1c2ccccc2c2oc(C(=O)Cl)cc21. The molecule has 0 bridgehead atoms. The molecule has 80 valence electrons. The Morgan fingerprint density at radius 3 is 2.81 bits per heavy atom. The average Bonchev–Trinajstić information content (AvgIpc) is 2.81. The van der Waals surface area contributed by atoms with Crippen molar-refractivity contribution in [2.24, 2.45) is 7.05 Å². The maximum absolute atomic E-state index is 11.0. The van der Waals surface area contributed by atoms with Gasteiger partial charge in [0, 0.05) is 18.5 Å². The highest BCUT2D eigenvalue weighted by molar-refractivity contribution is 6.67. The third kappa shape index (κ3) is 1.12. The molecule has 0 saturated carbocycles. The van der Waals surface area contributed by atoms with E-state index in [-0.39, 0.29) is 5.76 Å². The van der Waals surface area contributed by atoms with E-state index in [1.54, 1.807) is 6.07 Å². The molecule has 2 heterocycles. The molecule has 4 heteroatoms. The lowest BCUT2D eigenvalue weighted by Crippen LogP contribution is -1.86. The average molecular weight is 234 g/mol. The molecule has 0 amide bonds. The van der Waals surface area contributed by atoms with E-state index < -0.39 is 5.24 Å². The minimum absolute atomic E-state index is 0.188. The molecule has 0 aliphatic rings. The van der Waals surface area contributed by atoms with Gasteiger partial charge in [-0.25, -0.2) is 0 Å². The number of hydrogen-bond acceptors (Lipinski definition) is 2. The molecule has 0 saturated heterocycles. The van der Waals surface area contributed by atoms with E-state index in [9.17, 15) is 4.79 Å². The first-order chi connectivity index (χ1) is 7.68. The number of carbonyl (C=O) groups is 1. The molecule has 0 radical (unpaired) electrons. The van der Waals surface area contributed by atoms with Gasteiger partial charge in [-0.2, -0.15) is 0 Å². The molecule has 2 aromatic heterocycles. The first-order valence-corrected chi connectivity index (χ1v) is 5.23. The largest absolute Gasteiger partial charge is 0.449 e. The second-order valence-corrected chi connectivity index (χ2v) is 4.02. The van der Waals surface area contributed by atoms with Crippen molar-refractivity contribution in [3.05, 3.63) is 36.1 Å². The first-order valence-electron chi connectivity index (χ1n) is 4.85. The monoisotopic (exact) mass is 233 g/mol. The van der Waals surface area contributed by atoms with E-state index in [0.717, 1.165) is 16.4 Å². The Bertz CT molecular complexity index is 708. The maximum Gasteiger partial charge on any atom is 0.287 e. The standard InChI is InChI=1S/C12H8ClNO2/c1-14-8-5-3-2-4-7(8)11-9(14)6-10(16-11)12(13)15/h2-6H,1H3. The van der Waals surface area contributed by atoms with Crippen molar-refractivity contribution in [3.8, 4) is 0 Å². The Labute approximate surface area is 96.2 Å². The molecule has 0 spiro atoms. The van der Waals surface area contributed by atoms with Crippen LogP contribution < -0.4 is 0 Å². The van der Waals surface area contributed by atoms with Gasteiger partial charge in [0.1, 0.15) is 0 Å². The number of carbonyl (C=O) groups excluding carboxylic acids is 1. The number of aromatic nitrogens is 1. The topological polar surface area (TPSA) is 35.1 Å². The summed E-state index contributed by atoms with van der Waals surface area (Å²) in [6.45, 7) is 0. The molecular weight excluding hydrogens is 226 g/mol. The summed E-state index contributed by atoms with van der Waals surface area (Å²) in [6, 6.07) is 9.54. The van der Waals surface area contributed by atoms with Crippen molar-refractivity contribution < 1.29 is 9.21 Å². The zero-order chi connectivity index (χ0) is 11.3. The lowest BCUT2D eigenvalue weighted by Gasteiger charge is -1.94. The van der Waals surface area contributed by atoms with Crippen LogP contribution in [-0.2, 0) is 7.05 Å². The molecule has 16 heavy (non-hydrogen) atoms. The van der Waals surface area contributed by atoms with E-state index in [2.05, 4.69) is 0 Å². The molecule has 1 aromatic carbocycles. The predicted molar refractivity (Wildman–Crippen MR) is 62.9 cm³/mol. The minimum atomic E-state index is -0.569. The number of aryl methyl sites for hydroxylation is 1. The number of furan rings is 1. The van der Waals surface area contributed by atoms with Crippen LogP contribution in [0.3, 0.4) is 0 Å². The molecule has 0 aliphatic carbocycles. The van der Waals surface area contributed by atoms with Gasteiger partial charge >= 0.3 is 0 Å². The number of fused-ring (bicyclic) bond motifs is 3. The lowest BCUT2D eigenvalue weighted by atomic mass is 10.2. The fourth-order valence-corrected chi connectivity index (χ4v) is 2.10. The number of halogens is 1. The zero-order valence-electron chi connectivity index (χ0n) is 8.53. The van der Waals surface area contributed by atoms with Gasteiger partial charge in [0.2, 0.25) is 0 Å². The highest BCUT2D eigenvalue weighted by Gasteiger charge is 2.15. The highest BCUT2D eigenvalue weighted by atomic mass is 35.5. The molecular formula is C12H8ClNO2. The molecule has 3 nitrogen and oxygen atoms in total. The fraction of sp³-hybridized carbons (Fsp3) is 0.0833.